The van der Waals surface area contributed by atoms with Crippen molar-refractivity contribution in [2.24, 2.45) is 5.10 Å². The third-order valence-corrected chi connectivity index (χ3v) is 3.18. The zero-order valence-electron chi connectivity index (χ0n) is 10.5. The molecule has 2 rings (SSSR count). The van der Waals surface area contributed by atoms with Crippen LogP contribution in [0, 0.1) is 0 Å². The van der Waals surface area contributed by atoms with Crippen LogP contribution in [0.2, 0.25) is 0 Å². The Balaban J connectivity index is 1.90. The average molecular weight is 274 g/mol. The van der Waals surface area contributed by atoms with Gasteiger partial charge in [0.15, 0.2) is 0 Å². The van der Waals surface area contributed by atoms with Crippen LogP contribution < -0.4 is 10.2 Å². The summed E-state index contributed by atoms with van der Waals surface area (Å²) in [6, 6.07) is 11.1. The van der Waals surface area contributed by atoms with Gasteiger partial charge in [0.1, 0.15) is 5.75 Å². The minimum atomic E-state index is -0.197. The first-order chi connectivity index (χ1) is 9.29. The Morgan fingerprint density at radius 2 is 2.16 bits per heavy atom. The maximum Gasteiger partial charge on any atom is 0.281 e. The van der Waals surface area contributed by atoms with E-state index in [4.69, 9.17) is 4.74 Å². The minimum absolute atomic E-state index is 0.197. The van der Waals surface area contributed by atoms with Crippen molar-refractivity contribution in [3.05, 3.63) is 52.2 Å². The molecule has 0 aliphatic carbocycles. The summed E-state index contributed by atoms with van der Waals surface area (Å²) >= 11 is 1.38. The molecule has 0 aliphatic heterocycles. The molecule has 1 N–H and O–H groups in total. The first-order valence-corrected chi connectivity index (χ1v) is 6.77. The number of carbonyl (C=O) groups is 1. The first-order valence-electron chi connectivity index (χ1n) is 5.89. The van der Waals surface area contributed by atoms with Crippen molar-refractivity contribution in [2.75, 3.05) is 6.61 Å². The summed E-state index contributed by atoms with van der Waals surface area (Å²) in [6.07, 6.45) is 1.60. The minimum Gasteiger partial charge on any atom is -0.494 e. The maximum absolute atomic E-state index is 11.6. The number of amides is 1. The Hall–Kier alpha value is -2.14. The molecular weight excluding hydrogens is 260 g/mol. The van der Waals surface area contributed by atoms with Gasteiger partial charge in [0, 0.05) is 0 Å². The number of thiophene rings is 1. The highest BCUT2D eigenvalue weighted by Crippen LogP contribution is 2.11. The van der Waals surface area contributed by atoms with Crippen molar-refractivity contribution in [1.82, 2.24) is 5.43 Å². The quantitative estimate of drug-likeness (QED) is 0.673. The van der Waals surface area contributed by atoms with E-state index in [9.17, 15) is 4.79 Å². The van der Waals surface area contributed by atoms with Crippen LogP contribution >= 0.6 is 11.3 Å². The van der Waals surface area contributed by atoms with Crippen LogP contribution in [0.25, 0.3) is 0 Å². The molecule has 0 atom stereocenters. The predicted molar refractivity (Wildman–Crippen MR) is 77.0 cm³/mol. The summed E-state index contributed by atoms with van der Waals surface area (Å²) in [5.41, 5.74) is 3.38. The average Bonchev–Trinajstić information content (AvgIpc) is 2.95. The molecule has 0 saturated carbocycles. The molecule has 2 aromatic rings. The van der Waals surface area contributed by atoms with Crippen LogP contribution in [-0.2, 0) is 0 Å². The third-order valence-electron chi connectivity index (χ3n) is 2.32. The molecule has 0 fully saturated rings. The largest absolute Gasteiger partial charge is 0.494 e. The Kier molecular flexibility index (Phi) is 4.69. The van der Waals surface area contributed by atoms with Crippen LogP contribution in [0.3, 0.4) is 0 Å². The number of hydrazone groups is 1. The van der Waals surface area contributed by atoms with Crippen LogP contribution in [-0.4, -0.2) is 18.7 Å². The van der Waals surface area contributed by atoms with Gasteiger partial charge >= 0.3 is 0 Å². The molecule has 0 unspecified atom stereocenters. The lowest BCUT2D eigenvalue weighted by atomic mass is 10.2. The molecule has 0 radical (unpaired) electrons. The fraction of sp³-hybridized carbons (Fsp3) is 0.143. The topological polar surface area (TPSA) is 50.7 Å². The summed E-state index contributed by atoms with van der Waals surface area (Å²) in [5.74, 6) is 0.624. The highest BCUT2D eigenvalue weighted by atomic mass is 32.1. The van der Waals surface area contributed by atoms with Crippen molar-refractivity contribution in [3.8, 4) is 5.75 Å². The SMILES string of the molecule is CCOc1ccc(C=NNC(=O)c2cccs2)cc1. The Bertz CT molecular complexity index is 547. The molecule has 5 heteroatoms. The van der Waals surface area contributed by atoms with Gasteiger partial charge in [-0.2, -0.15) is 5.10 Å². The number of benzene rings is 1. The van der Waals surface area contributed by atoms with E-state index in [-0.39, 0.29) is 5.91 Å². The zero-order valence-corrected chi connectivity index (χ0v) is 11.3. The highest BCUT2D eigenvalue weighted by molar-refractivity contribution is 7.12. The number of nitrogens with zero attached hydrogens (tertiary/aromatic N) is 1. The van der Waals surface area contributed by atoms with Crippen LogP contribution in [0.5, 0.6) is 5.75 Å². The molecule has 0 saturated heterocycles. The summed E-state index contributed by atoms with van der Waals surface area (Å²) in [4.78, 5) is 12.2. The maximum atomic E-state index is 11.6. The van der Waals surface area contributed by atoms with Crippen molar-refractivity contribution < 1.29 is 9.53 Å². The van der Waals surface area contributed by atoms with E-state index < -0.39 is 0 Å². The molecule has 1 aromatic carbocycles. The number of rotatable bonds is 5. The Morgan fingerprint density at radius 1 is 1.37 bits per heavy atom. The molecule has 0 aliphatic rings. The van der Waals surface area contributed by atoms with E-state index in [1.54, 1.807) is 12.3 Å². The fourth-order valence-corrected chi connectivity index (χ4v) is 2.06. The molecule has 0 bridgehead atoms. The van der Waals surface area contributed by atoms with Gasteiger partial charge in [0.25, 0.3) is 5.91 Å². The normalized spacial score (nSPS) is 10.6. The van der Waals surface area contributed by atoms with Crippen molar-refractivity contribution in [2.45, 2.75) is 6.92 Å². The summed E-state index contributed by atoms with van der Waals surface area (Å²) in [5, 5.41) is 5.77. The Labute approximate surface area is 115 Å². The van der Waals surface area contributed by atoms with Gasteiger partial charge in [0.2, 0.25) is 0 Å². The lowest BCUT2D eigenvalue weighted by Gasteiger charge is -2.02. The van der Waals surface area contributed by atoms with Crippen molar-refractivity contribution in [1.29, 1.82) is 0 Å². The van der Waals surface area contributed by atoms with E-state index in [0.29, 0.717) is 11.5 Å². The monoisotopic (exact) mass is 274 g/mol. The second-order valence-corrected chi connectivity index (χ2v) is 4.63. The van der Waals surface area contributed by atoms with Crippen molar-refractivity contribution in [3.63, 3.8) is 0 Å². The molecule has 1 aromatic heterocycles. The van der Waals surface area contributed by atoms with Gasteiger partial charge in [-0.05, 0) is 48.2 Å². The van der Waals surface area contributed by atoms with E-state index in [0.717, 1.165) is 11.3 Å². The van der Waals surface area contributed by atoms with Gasteiger partial charge in [-0.1, -0.05) is 6.07 Å². The van der Waals surface area contributed by atoms with Gasteiger partial charge in [-0.25, -0.2) is 5.43 Å². The lowest BCUT2D eigenvalue weighted by molar-refractivity contribution is 0.0959. The molecule has 1 amide bonds. The molecular formula is C14H14N2O2S. The molecule has 0 spiro atoms. The predicted octanol–water partition coefficient (Wildman–Crippen LogP) is 2.91. The van der Waals surface area contributed by atoms with Gasteiger partial charge in [-0.15, -0.1) is 11.3 Å². The van der Waals surface area contributed by atoms with Gasteiger partial charge in [0.05, 0.1) is 17.7 Å². The lowest BCUT2D eigenvalue weighted by Crippen LogP contribution is -2.16. The van der Waals surface area contributed by atoms with Gasteiger partial charge < -0.3 is 4.74 Å². The fourth-order valence-electron chi connectivity index (χ4n) is 1.45. The molecule has 98 valence electrons. The second-order valence-electron chi connectivity index (χ2n) is 3.68. The number of ether oxygens (including phenoxy) is 1. The first kappa shape index (κ1) is 13.3. The number of hydrogen-bond acceptors (Lipinski definition) is 4. The number of hydrogen-bond donors (Lipinski definition) is 1. The van der Waals surface area contributed by atoms with E-state index in [1.807, 2.05) is 42.6 Å². The standard InChI is InChI=1S/C14H14N2O2S/c1-2-18-12-7-5-11(6-8-12)10-15-16-14(17)13-4-3-9-19-13/h3-10H,2H2,1H3,(H,16,17). The van der Waals surface area contributed by atoms with Gasteiger partial charge in [-0.3, -0.25) is 4.79 Å². The number of carbonyl (C=O) groups excluding carboxylic acids is 1. The van der Waals surface area contributed by atoms with E-state index in [2.05, 4.69) is 10.5 Å². The Morgan fingerprint density at radius 3 is 2.79 bits per heavy atom. The van der Waals surface area contributed by atoms with Crippen LogP contribution in [0.4, 0.5) is 0 Å². The van der Waals surface area contributed by atoms with Crippen LogP contribution in [0.15, 0.2) is 46.9 Å². The molecule has 19 heavy (non-hydrogen) atoms. The second kappa shape index (κ2) is 6.70. The van der Waals surface area contributed by atoms with Crippen molar-refractivity contribution >= 4 is 23.5 Å². The summed E-state index contributed by atoms with van der Waals surface area (Å²) in [7, 11) is 0. The summed E-state index contributed by atoms with van der Waals surface area (Å²) in [6.45, 7) is 2.58. The third kappa shape index (κ3) is 3.93. The molecule has 4 nitrogen and oxygen atoms in total. The smallest absolute Gasteiger partial charge is 0.281 e. The molecule has 1 heterocycles. The van der Waals surface area contributed by atoms with Crippen LogP contribution in [0.1, 0.15) is 22.2 Å². The highest BCUT2D eigenvalue weighted by Gasteiger charge is 2.03. The summed E-state index contributed by atoms with van der Waals surface area (Å²) < 4.78 is 5.34. The number of nitrogens with one attached hydrogen (secondary N) is 1. The van der Waals surface area contributed by atoms with E-state index in [1.165, 1.54) is 11.3 Å². The zero-order chi connectivity index (χ0) is 13.5. The van der Waals surface area contributed by atoms with E-state index >= 15 is 0 Å².